The van der Waals surface area contributed by atoms with Gasteiger partial charge in [-0.3, -0.25) is 10.1 Å². The fourth-order valence-electron chi connectivity index (χ4n) is 6.58. The van der Waals surface area contributed by atoms with Gasteiger partial charge in [0.05, 0.1) is 19.2 Å². The van der Waals surface area contributed by atoms with E-state index in [-0.39, 0.29) is 11.9 Å². The zero-order valence-electron chi connectivity index (χ0n) is 24.1. The second-order valence-electron chi connectivity index (χ2n) is 11.6. The number of ether oxygens (including phenoxy) is 2. The Morgan fingerprint density at radius 2 is 1.64 bits per heavy atom. The molecule has 1 unspecified atom stereocenters. The molecule has 7 heteroatoms. The van der Waals surface area contributed by atoms with Crippen molar-refractivity contribution in [3.63, 3.8) is 0 Å². The van der Waals surface area contributed by atoms with Crippen molar-refractivity contribution < 1.29 is 19.1 Å². The number of aromatic nitrogens is 1. The van der Waals surface area contributed by atoms with Gasteiger partial charge in [-0.15, -0.1) is 0 Å². The van der Waals surface area contributed by atoms with Gasteiger partial charge in [0.1, 0.15) is 18.4 Å². The molecular weight excluding hydrogens is 526 g/mol. The summed E-state index contributed by atoms with van der Waals surface area (Å²) in [6.45, 7) is 0.482. The van der Waals surface area contributed by atoms with Gasteiger partial charge in [0, 0.05) is 23.0 Å². The lowest BCUT2D eigenvalue weighted by Gasteiger charge is -2.37. The molecule has 1 aromatic heterocycles. The third kappa shape index (κ3) is 6.21. The molecule has 3 aromatic carbocycles. The third-order valence-corrected chi connectivity index (χ3v) is 8.80. The maximum Gasteiger partial charge on any atom is 0.328 e. The molecule has 4 aromatic rings. The van der Waals surface area contributed by atoms with Crippen LogP contribution in [0, 0.1) is 5.92 Å². The van der Waals surface area contributed by atoms with Crippen LogP contribution in [0.5, 0.6) is 5.75 Å². The van der Waals surface area contributed by atoms with Crippen LogP contribution in [0.25, 0.3) is 10.9 Å². The molecule has 1 aliphatic heterocycles. The fraction of sp³-hybridized carbons (Fsp3) is 0.371. The number of rotatable bonds is 9. The minimum atomic E-state index is -0.794. The van der Waals surface area contributed by atoms with Crippen LogP contribution >= 0.6 is 0 Å². The van der Waals surface area contributed by atoms with Gasteiger partial charge in [-0.25, -0.2) is 4.79 Å². The van der Waals surface area contributed by atoms with Gasteiger partial charge in [0.25, 0.3) is 0 Å². The predicted molar refractivity (Wildman–Crippen MR) is 163 cm³/mol. The molecule has 42 heavy (non-hydrogen) atoms. The molecule has 3 N–H and O–H groups in total. The van der Waals surface area contributed by atoms with Crippen LogP contribution in [0.1, 0.15) is 60.5 Å². The normalized spacial score (nSPS) is 19.5. The highest BCUT2D eigenvalue weighted by Crippen LogP contribution is 2.40. The van der Waals surface area contributed by atoms with E-state index in [0.29, 0.717) is 25.4 Å². The minimum absolute atomic E-state index is 0.0807. The summed E-state index contributed by atoms with van der Waals surface area (Å²) in [6, 6.07) is 24.8. The van der Waals surface area contributed by atoms with Gasteiger partial charge in [0.2, 0.25) is 5.91 Å². The lowest BCUT2D eigenvalue weighted by molar-refractivity contribution is -0.145. The fourth-order valence-corrected chi connectivity index (χ4v) is 6.58. The zero-order valence-corrected chi connectivity index (χ0v) is 24.1. The number of esters is 1. The third-order valence-electron chi connectivity index (χ3n) is 8.80. The first-order chi connectivity index (χ1) is 20.6. The van der Waals surface area contributed by atoms with E-state index < -0.39 is 18.1 Å². The van der Waals surface area contributed by atoms with Crippen LogP contribution in [0.4, 0.5) is 0 Å². The highest BCUT2D eigenvalue weighted by atomic mass is 16.5. The van der Waals surface area contributed by atoms with E-state index in [1.54, 1.807) is 0 Å². The van der Waals surface area contributed by atoms with Gasteiger partial charge in [-0.1, -0.05) is 79.9 Å². The van der Waals surface area contributed by atoms with Crippen LogP contribution in [-0.2, 0) is 33.8 Å². The van der Waals surface area contributed by atoms with Crippen LogP contribution in [0.2, 0.25) is 0 Å². The summed E-state index contributed by atoms with van der Waals surface area (Å²) in [5.74, 6) is 0.585. The zero-order chi connectivity index (χ0) is 28.9. The summed E-state index contributed by atoms with van der Waals surface area (Å²) < 4.78 is 11.0. The van der Waals surface area contributed by atoms with E-state index in [4.69, 9.17) is 9.47 Å². The summed E-state index contributed by atoms with van der Waals surface area (Å²) in [7, 11) is 1.36. The van der Waals surface area contributed by atoms with Crippen molar-refractivity contribution in [1.29, 1.82) is 0 Å². The monoisotopic (exact) mass is 565 g/mol. The van der Waals surface area contributed by atoms with Crippen molar-refractivity contribution in [2.75, 3.05) is 7.11 Å². The number of nitrogens with one attached hydrogen (secondary N) is 3. The number of fused-ring (bicyclic) bond motifs is 3. The number of methoxy groups -OCH3 is 1. The van der Waals surface area contributed by atoms with Crippen LogP contribution in [-0.4, -0.2) is 36.1 Å². The van der Waals surface area contributed by atoms with Crippen LogP contribution in [0.15, 0.2) is 78.9 Å². The quantitative estimate of drug-likeness (QED) is 0.224. The van der Waals surface area contributed by atoms with Crippen molar-refractivity contribution in [3.05, 3.63) is 101 Å². The minimum Gasteiger partial charge on any atom is -0.489 e. The molecule has 3 atom stereocenters. The first-order valence-corrected chi connectivity index (χ1v) is 15.1. The smallest absolute Gasteiger partial charge is 0.328 e. The molecular formula is C35H39N3O4. The second kappa shape index (κ2) is 12.8. The number of para-hydroxylation sites is 1. The number of hydrogen-bond acceptors (Lipinski definition) is 5. The highest BCUT2D eigenvalue weighted by molar-refractivity contribution is 5.90. The van der Waals surface area contributed by atoms with Gasteiger partial charge in [-0.2, -0.15) is 0 Å². The van der Waals surface area contributed by atoms with E-state index in [1.807, 2.05) is 60.7 Å². The van der Waals surface area contributed by atoms with Gasteiger partial charge in [0.15, 0.2) is 0 Å². The standard InChI is InChI=1S/C35H39N3O4/c1-41-35(40)31(20-23-16-18-26(19-17-23)42-22-24-10-4-2-5-11-24)38-34(39)30-21-28-27-14-8-9-15-29(27)36-33(28)32(37-30)25-12-6-3-7-13-25/h2,4-5,8-11,14-19,25,30-32,36-37H,3,6-7,12-13,20-22H2,1H3,(H,38,39)/t30-,31?,32+/m1/s1. The molecule has 0 spiro atoms. The van der Waals surface area contributed by atoms with Crippen LogP contribution < -0.4 is 15.4 Å². The van der Waals surface area contributed by atoms with E-state index in [0.717, 1.165) is 35.2 Å². The largest absolute Gasteiger partial charge is 0.489 e. The summed E-state index contributed by atoms with van der Waals surface area (Å²) in [5.41, 5.74) is 5.53. The number of aromatic amines is 1. The number of carbonyl (C=O) groups is 2. The number of hydrogen-bond donors (Lipinski definition) is 3. The van der Waals surface area contributed by atoms with E-state index in [9.17, 15) is 9.59 Å². The van der Waals surface area contributed by atoms with Gasteiger partial charge < -0.3 is 19.8 Å². The van der Waals surface area contributed by atoms with Crippen molar-refractivity contribution >= 4 is 22.8 Å². The lowest BCUT2D eigenvalue weighted by Crippen LogP contribution is -2.55. The number of benzene rings is 3. The Hall–Kier alpha value is -4.10. The Balaban J connectivity index is 1.16. The molecule has 0 radical (unpaired) electrons. The van der Waals surface area contributed by atoms with E-state index in [1.165, 1.54) is 43.0 Å². The molecule has 1 saturated carbocycles. The number of amides is 1. The average Bonchev–Trinajstić information content (AvgIpc) is 3.43. The topological polar surface area (TPSA) is 92.4 Å². The molecule has 1 amide bonds. The Morgan fingerprint density at radius 1 is 0.905 bits per heavy atom. The number of carbonyl (C=O) groups excluding carboxylic acids is 2. The number of H-pyrrole nitrogens is 1. The molecule has 6 rings (SSSR count). The molecule has 2 aliphatic rings. The summed E-state index contributed by atoms with van der Waals surface area (Å²) in [4.78, 5) is 30.3. The summed E-state index contributed by atoms with van der Waals surface area (Å²) in [5, 5.41) is 7.89. The first-order valence-electron chi connectivity index (χ1n) is 15.1. The van der Waals surface area contributed by atoms with Crippen molar-refractivity contribution in [3.8, 4) is 5.75 Å². The SMILES string of the molecule is COC(=O)C(Cc1ccc(OCc2ccccc2)cc1)NC(=O)[C@H]1Cc2c([nH]c3ccccc23)[C@H](C2CCCCC2)N1. The molecule has 2 heterocycles. The Morgan fingerprint density at radius 3 is 2.40 bits per heavy atom. The Kier molecular flexibility index (Phi) is 8.56. The molecule has 218 valence electrons. The Labute approximate surface area is 247 Å². The van der Waals surface area contributed by atoms with Gasteiger partial charge >= 0.3 is 5.97 Å². The van der Waals surface area contributed by atoms with E-state index >= 15 is 0 Å². The van der Waals surface area contributed by atoms with Gasteiger partial charge in [-0.05, 0) is 60.1 Å². The Bertz CT molecular complexity index is 1510. The second-order valence-corrected chi connectivity index (χ2v) is 11.6. The lowest BCUT2D eigenvalue weighted by atomic mass is 9.79. The molecule has 1 aliphatic carbocycles. The molecule has 0 bridgehead atoms. The molecule has 0 saturated heterocycles. The van der Waals surface area contributed by atoms with Crippen molar-refractivity contribution in [2.45, 2.75) is 69.7 Å². The van der Waals surface area contributed by atoms with Crippen molar-refractivity contribution in [1.82, 2.24) is 15.6 Å². The van der Waals surface area contributed by atoms with Crippen LogP contribution in [0.3, 0.4) is 0 Å². The maximum absolute atomic E-state index is 13.8. The summed E-state index contributed by atoms with van der Waals surface area (Å²) in [6.07, 6.45) is 6.90. The highest BCUT2D eigenvalue weighted by Gasteiger charge is 2.38. The first kappa shape index (κ1) is 28.0. The average molecular weight is 566 g/mol. The summed E-state index contributed by atoms with van der Waals surface area (Å²) >= 11 is 0. The maximum atomic E-state index is 13.8. The van der Waals surface area contributed by atoms with Crippen molar-refractivity contribution in [2.24, 2.45) is 5.92 Å². The molecule has 1 fully saturated rings. The molecule has 7 nitrogen and oxygen atoms in total. The predicted octanol–water partition coefficient (Wildman–Crippen LogP) is 5.78. The van der Waals surface area contributed by atoms with E-state index in [2.05, 4.69) is 33.8 Å².